The fraction of sp³-hybridized carbons (Fsp3) is 0.300. The van der Waals surface area contributed by atoms with Gasteiger partial charge in [0.05, 0.1) is 11.3 Å². The van der Waals surface area contributed by atoms with E-state index in [1.165, 1.54) is 18.2 Å². The van der Waals surface area contributed by atoms with Gasteiger partial charge in [0.1, 0.15) is 12.4 Å². The lowest BCUT2D eigenvalue weighted by atomic mass is 10.2. The molecule has 1 rings (SSSR count). The first-order chi connectivity index (χ1) is 7.79. The zero-order valence-corrected chi connectivity index (χ0v) is 10.0. The summed E-state index contributed by atoms with van der Waals surface area (Å²) >= 11 is 0. The van der Waals surface area contributed by atoms with E-state index in [4.69, 9.17) is 15.6 Å². The van der Waals surface area contributed by atoms with Crippen molar-refractivity contribution in [1.82, 2.24) is 0 Å². The summed E-state index contributed by atoms with van der Waals surface area (Å²) in [5.74, 6) is -1.00. The fourth-order valence-electron chi connectivity index (χ4n) is 1.12. The Hall–Kier alpha value is -1.76. The third-order valence-electron chi connectivity index (χ3n) is 1.98. The minimum absolute atomic E-state index is 0.0260. The Morgan fingerprint density at radius 3 is 2.65 bits per heavy atom. The molecule has 0 spiro atoms. The molecule has 0 saturated heterocycles. The highest BCUT2D eigenvalue weighted by Crippen LogP contribution is 2.19. The maximum atomic E-state index is 10.9. The monoisotopic (exact) mass is 259 g/mol. The number of hydrogen-bond acceptors (Lipinski definition) is 5. The summed E-state index contributed by atoms with van der Waals surface area (Å²) in [6.45, 7) is -0.0260. The number of hydrogen-bond donors (Lipinski definition) is 2. The number of benzene rings is 1. The summed E-state index contributed by atoms with van der Waals surface area (Å²) < 4.78 is 26.8. The lowest BCUT2D eigenvalue weighted by Gasteiger charge is -2.07. The molecular formula is C10H13NO5S. The fourth-order valence-corrected chi connectivity index (χ4v) is 1.51. The standard InChI is InChI=1S/C10H13NO5S/c1-17(14,15)5-4-16-7-2-3-9(11)8(6-7)10(12)13/h2-3,6H,4-5,11H2,1H3,(H,12,13). The first-order valence-electron chi connectivity index (χ1n) is 4.73. The van der Waals surface area contributed by atoms with Crippen molar-refractivity contribution in [2.24, 2.45) is 0 Å². The molecule has 0 unspecified atom stereocenters. The molecule has 1 aromatic carbocycles. The molecule has 0 radical (unpaired) electrons. The Morgan fingerprint density at radius 2 is 2.12 bits per heavy atom. The van der Waals surface area contributed by atoms with Crippen molar-refractivity contribution >= 4 is 21.5 Å². The summed E-state index contributed by atoms with van der Waals surface area (Å²) in [6.07, 6.45) is 1.10. The Morgan fingerprint density at radius 1 is 1.47 bits per heavy atom. The second-order valence-corrected chi connectivity index (χ2v) is 5.79. The molecule has 0 aliphatic heterocycles. The van der Waals surface area contributed by atoms with Crippen molar-refractivity contribution in [2.45, 2.75) is 0 Å². The van der Waals surface area contributed by atoms with Crippen molar-refractivity contribution in [1.29, 1.82) is 0 Å². The number of anilines is 1. The number of nitrogen functional groups attached to an aromatic ring is 1. The molecule has 94 valence electrons. The minimum Gasteiger partial charge on any atom is -0.493 e. The molecule has 0 aliphatic carbocycles. The van der Waals surface area contributed by atoms with Crippen LogP contribution in [0.5, 0.6) is 5.75 Å². The molecule has 7 heteroatoms. The van der Waals surface area contributed by atoms with E-state index in [-0.39, 0.29) is 29.4 Å². The average Bonchev–Trinajstić information content (AvgIpc) is 2.18. The van der Waals surface area contributed by atoms with Crippen LogP contribution in [-0.4, -0.2) is 38.1 Å². The molecule has 3 N–H and O–H groups in total. The molecule has 0 saturated carbocycles. The van der Waals surface area contributed by atoms with Crippen molar-refractivity contribution in [3.63, 3.8) is 0 Å². The molecular weight excluding hydrogens is 246 g/mol. The van der Waals surface area contributed by atoms with Crippen LogP contribution in [0.3, 0.4) is 0 Å². The molecule has 0 heterocycles. The van der Waals surface area contributed by atoms with Crippen LogP contribution in [0.2, 0.25) is 0 Å². The smallest absolute Gasteiger partial charge is 0.337 e. The van der Waals surface area contributed by atoms with Gasteiger partial charge in [-0.05, 0) is 18.2 Å². The molecule has 17 heavy (non-hydrogen) atoms. The number of nitrogens with two attached hydrogens (primary N) is 1. The van der Waals surface area contributed by atoms with E-state index in [2.05, 4.69) is 0 Å². The third kappa shape index (κ3) is 4.31. The van der Waals surface area contributed by atoms with Gasteiger partial charge < -0.3 is 15.6 Å². The minimum atomic E-state index is -3.09. The van der Waals surface area contributed by atoms with Crippen LogP contribution in [0.4, 0.5) is 5.69 Å². The van der Waals surface area contributed by atoms with Gasteiger partial charge in [-0.3, -0.25) is 0 Å². The van der Waals surface area contributed by atoms with Gasteiger partial charge in [-0.15, -0.1) is 0 Å². The molecule has 0 aromatic heterocycles. The topological polar surface area (TPSA) is 107 Å². The van der Waals surface area contributed by atoms with E-state index in [1.54, 1.807) is 0 Å². The average molecular weight is 259 g/mol. The lowest BCUT2D eigenvalue weighted by Crippen LogP contribution is -2.12. The van der Waals surface area contributed by atoms with Gasteiger partial charge in [0.15, 0.2) is 9.84 Å². The third-order valence-corrected chi connectivity index (χ3v) is 2.89. The van der Waals surface area contributed by atoms with Gasteiger partial charge >= 0.3 is 5.97 Å². The summed E-state index contributed by atoms with van der Waals surface area (Å²) in [7, 11) is -3.09. The van der Waals surface area contributed by atoms with Crippen molar-refractivity contribution in [2.75, 3.05) is 24.3 Å². The second-order valence-electron chi connectivity index (χ2n) is 3.53. The maximum absolute atomic E-state index is 10.9. The highest BCUT2D eigenvalue weighted by Gasteiger charge is 2.09. The van der Waals surface area contributed by atoms with E-state index in [0.717, 1.165) is 6.26 Å². The number of sulfone groups is 1. The number of aromatic carboxylic acids is 1. The van der Waals surface area contributed by atoms with Crippen LogP contribution < -0.4 is 10.5 Å². The normalized spacial score (nSPS) is 11.1. The van der Waals surface area contributed by atoms with Crippen LogP contribution in [0.25, 0.3) is 0 Å². The Kier molecular flexibility index (Phi) is 3.95. The first kappa shape index (κ1) is 13.3. The van der Waals surface area contributed by atoms with Crippen molar-refractivity contribution < 1.29 is 23.1 Å². The Labute approximate surface area is 98.9 Å². The zero-order chi connectivity index (χ0) is 13.1. The van der Waals surface area contributed by atoms with Crippen LogP contribution in [0, 0.1) is 0 Å². The van der Waals surface area contributed by atoms with Crippen LogP contribution in [-0.2, 0) is 9.84 Å². The maximum Gasteiger partial charge on any atom is 0.337 e. The highest BCUT2D eigenvalue weighted by atomic mass is 32.2. The quantitative estimate of drug-likeness (QED) is 0.741. The second kappa shape index (κ2) is 5.05. The van der Waals surface area contributed by atoms with E-state index in [9.17, 15) is 13.2 Å². The van der Waals surface area contributed by atoms with Crippen molar-refractivity contribution in [3.8, 4) is 5.75 Å². The number of ether oxygens (including phenoxy) is 1. The van der Waals surface area contributed by atoms with Gasteiger partial charge in [-0.25, -0.2) is 13.2 Å². The predicted molar refractivity (Wildman–Crippen MR) is 63.0 cm³/mol. The van der Waals surface area contributed by atoms with Crippen LogP contribution >= 0.6 is 0 Å². The van der Waals surface area contributed by atoms with Crippen molar-refractivity contribution in [3.05, 3.63) is 23.8 Å². The summed E-state index contributed by atoms with van der Waals surface area (Å²) in [5.41, 5.74) is 5.52. The van der Waals surface area contributed by atoms with Crippen LogP contribution in [0.1, 0.15) is 10.4 Å². The summed E-state index contributed by atoms with van der Waals surface area (Å²) in [4.78, 5) is 10.8. The molecule has 0 bridgehead atoms. The summed E-state index contributed by atoms with van der Waals surface area (Å²) in [6, 6.07) is 4.16. The van der Waals surface area contributed by atoms with Crippen LogP contribution in [0.15, 0.2) is 18.2 Å². The highest BCUT2D eigenvalue weighted by molar-refractivity contribution is 7.90. The largest absolute Gasteiger partial charge is 0.493 e. The van der Waals surface area contributed by atoms with E-state index >= 15 is 0 Å². The zero-order valence-electron chi connectivity index (χ0n) is 9.21. The van der Waals surface area contributed by atoms with E-state index in [1.807, 2.05) is 0 Å². The van der Waals surface area contributed by atoms with Gasteiger partial charge in [0.2, 0.25) is 0 Å². The SMILES string of the molecule is CS(=O)(=O)CCOc1ccc(N)c(C(=O)O)c1. The Bertz CT molecular complexity index is 523. The number of carbonyl (C=O) groups is 1. The molecule has 6 nitrogen and oxygen atoms in total. The summed E-state index contributed by atoms with van der Waals surface area (Å²) in [5, 5.41) is 8.81. The number of carboxylic acid groups (broad SMARTS) is 1. The van der Waals surface area contributed by atoms with E-state index < -0.39 is 15.8 Å². The van der Waals surface area contributed by atoms with Gasteiger partial charge in [0.25, 0.3) is 0 Å². The molecule has 0 fully saturated rings. The van der Waals surface area contributed by atoms with E-state index in [0.29, 0.717) is 0 Å². The molecule has 1 aromatic rings. The molecule has 0 atom stereocenters. The predicted octanol–water partition coefficient (Wildman–Crippen LogP) is 0.390. The number of rotatable bonds is 5. The molecule has 0 aliphatic rings. The van der Waals surface area contributed by atoms with Gasteiger partial charge in [-0.2, -0.15) is 0 Å². The number of carboxylic acids is 1. The molecule has 0 amide bonds. The first-order valence-corrected chi connectivity index (χ1v) is 6.79. The lowest BCUT2D eigenvalue weighted by molar-refractivity contribution is 0.0697. The van der Waals surface area contributed by atoms with Gasteiger partial charge in [0, 0.05) is 11.9 Å². The van der Waals surface area contributed by atoms with Gasteiger partial charge in [-0.1, -0.05) is 0 Å². The Balaban J connectivity index is 2.73.